The number of H-pyrrole nitrogens is 1. The number of carbonyl (C=O) groups excluding carboxylic acids is 1. The van der Waals surface area contributed by atoms with Gasteiger partial charge in [-0.05, 0) is 42.5 Å². The second-order valence-electron chi connectivity index (χ2n) is 9.41. The van der Waals surface area contributed by atoms with Crippen molar-refractivity contribution in [2.45, 2.75) is 64.5 Å². The van der Waals surface area contributed by atoms with E-state index in [2.05, 4.69) is 36.0 Å². The van der Waals surface area contributed by atoms with E-state index in [1.807, 2.05) is 10.8 Å². The Balaban J connectivity index is 1.72. The van der Waals surface area contributed by atoms with E-state index in [1.54, 1.807) is 6.07 Å². The van der Waals surface area contributed by atoms with Crippen molar-refractivity contribution in [3.8, 4) is 5.75 Å². The van der Waals surface area contributed by atoms with E-state index in [9.17, 15) is 18.0 Å². The van der Waals surface area contributed by atoms with Crippen LogP contribution in [-0.4, -0.2) is 33.4 Å². The highest BCUT2D eigenvalue weighted by atomic mass is 32.1. The molecule has 35 heavy (non-hydrogen) atoms. The molecular formula is C24H27F3N4O3S. The van der Waals surface area contributed by atoms with Gasteiger partial charge in [0.25, 0.3) is 5.91 Å². The summed E-state index contributed by atoms with van der Waals surface area (Å²) in [7, 11) is 0. The molecule has 0 aliphatic carbocycles. The van der Waals surface area contributed by atoms with E-state index < -0.39 is 17.6 Å². The Morgan fingerprint density at radius 2 is 2.11 bits per heavy atom. The van der Waals surface area contributed by atoms with Crippen LogP contribution >= 0.6 is 11.3 Å². The fourth-order valence-corrected chi connectivity index (χ4v) is 4.68. The quantitative estimate of drug-likeness (QED) is 0.503. The zero-order chi connectivity index (χ0) is 25.2. The summed E-state index contributed by atoms with van der Waals surface area (Å²) in [6.07, 6.45) is 0.741. The van der Waals surface area contributed by atoms with Crippen molar-refractivity contribution in [2.75, 3.05) is 6.61 Å². The van der Waals surface area contributed by atoms with Crippen LogP contribution in [-0.2, 0) is 29.5 Å². The normalized spacial score (nSPS) is 17.2. The third kappa shape index (κ3) is 6.21. The maximum Gasteiger partial charge on any atom is 0.416 e. The fraction of sp³-hybridized carbons (Fsp3) is 0.458. The first kappa shape index (κ1) is 25.2. The van der Waals surface area contributed by atoms with Gasteiger partial charge in [-0.3, -0.25) is 9.89 Å². The molecule has 1 fully saturated rings. The van der Waals surface area contributed by atoms with Crippen LogP contribution in [0.25, 0.3) is 0 Å². The summed E-state index contributed by atoms with van der Waals surface area (Å²) in [6, 6.07) is 4.50. The maximum atomic E-state index is 13.4. The van der Waals surface area contributed by atoms with Crippen molar-refractivity contribution in [1.82, 2.24) is 14.8 Å². The summed E-state index contributed by atoms with van der Waals surface area (Å²) in [6.45, 7) is 7.37. The van der Waals surface area contributed by atoms with Gasteiger partial charge in [0.15, 0.2) is 4.80 Å². The molecule has 0 unspecified atom stereocenters. The minimum atomic E-state index is -4.61. The van der Waals surface area contributed by atoms with Crippen molar-refractivity contribution < 1.29 is 27.4 Å². The molecule has 2 aromatic heterocycles. The lowest BCUT2D eigenvalue weighted by Crippen LogP contribution is -2.23. The number of nitrogens with zero attached hydrogens (tertiary/aromatic N) is 3. The molecule has 7 nitrogen and oxygen atoms in total. The molecule has 3 heterocycles. The molecule has 0 saturated carbocycles. The van der Waals surface area contributed by atoms with Crippen LogP contribution in [0.15, 0.2) is 41.7 Å². The second-order valence-corrected chi connectivity index (χ2v) is 10.4. The molecule has 4 rings (SSSR count). The summed E-state index contributed by atoms with van der Waals surface area (Å²) in [5, 5.41) is 6.53. The Morgan fingerprint density at radius 1 is 1.31 bits per heavy atom. The zero-order valence-corrected chi connectivity index (χ0v) is 20.5. The average Bonchev–Trinajstić information content (AvgIpc) is 3.54. The average molecular weight is 509 g/mol. The number of aromatic amines is 1. The van der Waals surface area contributed by atoms with E-state index in [4.69, 9.17) is 9.47 Å². The van der Waals surface area contributed by atoms with Crippen molar-refractivity contribution in [3.05, 3.63) is 63.2 Å². The number of hydrogen-bond acceptors (Lipinski definition) is 5. The minimum absolute atomic E-state index is 0.00771. The number of ether oxygens (including phenoxy) is 2. The number of amides is 1. The van der Waals surface area contributed by atoms with Crippen LogP contribution in [0.3, 0.4) is 0 Å². The van der Waals surface area contributed by atoms with E-state index in [0.29, 0.717) is 23.6 Å². The summed E-state index contributed by atoms with van der Waals surface area (Å²) in [5.74, 6) is -0.793. The molecule has 0 radical (unpaired) electrons. The molecule has 0 bridgehead atoms. The molecule has 0 spiro atoms. The summed E-state index contributed by atoms with van der Waals surface area (Å²) < 4.78 is 53.5. The van der Waals surface area contributed by atoms with Crippen molar-refractivity contribution in [1.29, 1.82) is 0 Å². The van der Waals surface area contributed by atoms with Gasteiger partial charge in [0.2, 0.25) is 0 Å². The summed E-state index contributed by atoms with van der Waals surface area (Å²) in [5.41, 5.74) is -0.774. The summed E-state index contributed by atoms with van der Waals surface area (Å²) in [4.78, 5) is 18.9. The third-order valence-corrected chi connectivity index (χ3v) is 7.01. The number of halogens is 3. The number of thiazole rings is 1. The molecule has 1 atom stereocenters. The molecule has 1 aliphatic heterocycles. The maximum absolute atomic E-state index is 13.4. The van der Waals surface area contributed by atoms with Gasteiger partial charge in [0.05, 0.1) is 29.5 Å². The number of benzene rings is 1. The lowest BCUT2D eigenvalue weighted by molar-refractivity contribution is -0.137. The Morgan fingerprint density at radius 3 is 2.74 bits per heavy atom. The van der Waals surface area contributed by atoms with Gasteiger partial charge in [-0.15, -0.1) is 11.3 Å². The number of carbonyl (C=O) groups is 1. The molecule has 188 valence electrons. The van der Waals surface area contributed by atoms with Gasteiger partial charge >= 0.3 is 6.18 Å². The first-order valence-corrected chi connectivity index (χ1v) is 12.1. The smallest absolute Gasteiger partial charge is 0.416 e. The molecule has 1 amide bonds. The molecule has 1 aliphatic rings. The van der Waals surface area contributed by atoms with Crippen LogP contribution in [0, 0.1) is 0 Å². The van der Waals surface area contributed by atoms with Gasteiger partial charge in [0.1, 0.15) is 12.4 Å². The number of alkyl halides is 3. The van der Waals surface area contributed by atoms with E-state index in [-0.39, 0.29) is 29.4 Å². The lowest BCUT2D eigenvalue weighted by Gasteiger charge is -2.15. The summed E-state index contributed by atoms with van der Waals surface area (Å²) >= 11 is 1.34. The predicted molar refractivity (Wildman–Crippen MR) is 124 cm³/mol. The molecular weight excluding hydrogens is 481 g/mol. The molecule has 3 aromatic rings. The fourth-order valence-electron chi connectivity index (χ4n) is 3.62. The van der Waals surface area contributed by atoms with Crippen LogP contribution < -0.4 is 9.54 Å². The molecule has 1 N–H and O–H groups in total. The van der Waals surface area contributed by atoms with Gasteiger partial charge in [-0.25, -0.2) is 0 Å². The molecule has 1 saturated heterocycles. The standard InChI is InChI=1S/C24H27F3N4O3S/c1-23(2,3)20-13-31(12-17-5-4-10-33-17)22(35-20)29-21(32)18-11-15(24(25,26)27)6-7-19(18)34-14-16-8-9-28-30-16/h6-9,11,13,17H,4-5,10,12,14H2,1-3H3,(H,28,30)/b29-22-/t17-/m1/s1. The van der Waals surface area contributed by atoms with E-state index in [1.165, 1.54) is 17.5 Å². The van der Waals surface area contributed by atoms with Gasteiger partial charge in [-0.2, -0.15) is 23.3 Å². The first-order valence-electron chi connectivity index (χ1n) is 11.2. The first-order chi connectivity index (χ1) is 16.5. The Labute approximate surface area is 204 Å². The van der Waals surface area contributed by atoms with Gasteiger partial charge in [0, 0.05) is 23.9 Å². The van der Waals surface area contributed by atoms with E-state index in [0.717, 1.165) is 35.9 Å². The van der Waals surface area contributed by atoms with Crippen LogP contribution in [0.4, 0.5) is 13.2 Å². The monoisotopic (exact) mass is 508 g/mol. The zero-order valence-electron chi connectivity index (χ0n) is 19.7. The third-order valence-electron chi connectivity index (χ3n) is 5.56. The number of aromatic nitrogens is 3. The highest BCUT2D eigenvalue weighted by molar-refractivity contribution is 7.09. The number of nitrogens with one attached hydrogen (secondary N) is 1. The van der Waals surface area contributed by atoms with Gasteiger partial charge in [-0.1, -0.05) is 20.8 Å². The van der Waals surface area contributed by atoms with Crippen LogP contribution in [0.1, 0.15) is 60.1 Å². The topological polar surface area (TPSA) is 81.5 Å². The van der Waals surface area contributed by atoms with Crippen molar-refractivity contribution >= 4 is 17.2 Å². The second kappa shape index (κ2) is 9.98. The SMILES string of the molecule is CC(C)(C)c1cn(C[C@H]2CCCO2)/c(=N/C(=O)c2cc(C(F)(F)F)ccc2OCc2ccn[nH]2)s1. The highest BCUT2D eigenvalue weighted by Crippen LogP contribution is 2.33. The Kier molecular flexibility index (Phi) is 7.18. The van der Waals surface area contributed by atoms with Crippen LogP contribution in [0.2, 0.25) is 0 Å². The number of rotatable bonds is 6. The minimum Gasteiger partial charge on any atom is -0.486 e. The molecule has 1 aromatic carbocycles. The lowest BCUT2D eigenvalue weighted by atomic mass is 9.95. The van der Waals surface area contributed by atoms with E-state index >= 15 is 0 Å². The Bertz CT molecular complexity index is 1230. The Hall–Kier alpha value is -2.92. The molecule has 11 heteroatoms. The predicted octanol–water partition coefficient (Wildman–Crippen LogP) is 5.09. The highest BCUT2D eigenvalue weighted by Gasteiger charge is 2.32. The van der Waals surface area contributed by atoms with Crippen molar-refractivity contribution in [2.24, 2.45) is 4.99 Å². The number of hydrogen-bond donors (Lipinski definition) is 1. The van der Waals surface area contributed by atoms with Crippen LogP contribution in [0.5, 0.6) is 5.75 Å². The largest absolute Gasteiger partial charge is 0.486 e. The van der Waals surface area contributed by atoms with Crippen molar-refractivity contribution in [3.63, 3.8) is 0 Å². The van der Waals surface area contributed by atoms with Gasteiger partial charge < -0.3 is 14.0 Å².